The summed E-state index contributed by atoms with van der Waals surface area (Å²) in [5.41, 5.74) is 0. The van der Waals surface area contributed by atoms with Gasteiger partial charge in [-0.15, -0.1) is 22.7 Å². The van der Waals surface area contributed by atoms with Gasteiger partial charge in [-0.05, 0) is 67.7 Å². The van der Waals surface area contributed by atoms with Gasteiger partial charge in [0.25, 0.3) is 0 Å². The number of benzene rings is 2. The molecule has 8 heteroatoms. The Kier molecular flexibility index (Phi) is 6.31. The van der Waals surface area contributed by atoms with Crippen LogP contribution in [0.25, 0.3) is 10.8 Å². The standard InChI is InChI=1S/C18H19NOS.C8H13NOS.2H2S/c1-19-12-11-17(18-10-5-13-21-18)20-16-9-4-7-14-6-2-3-8-15(14)16;1-9-5-4-7(10)8-3-2-6-11-8;;/h2-10,13,17,19H,11-12H2,1H3;2-3,6-7,9-10H,4-5H2,1H3;2*1H2/t17-;7-;;/m00../s1/i1D3,5D,10D,11D2,13D,17D;1D3,2D,3D,4D2,6D,7D;;. The van der Waals surface area contributed by atoms with Gasteiger partial charge in [0, 0.05) is 35.2 Å². The summed E-state index contributed by atoms with van der Waals surface area (Å²) >= 11 is 1.06. The molecule has 2 aromatic carbocycles. The van der Waals surface area contributed by atoms with Crippen molar-refractivity contribution in [3.05, 3.63) is 87.1 Å². The average molecular weight is 555 g/mol. The van der Waals surface area contributed by atoms with Crippen LogP contribution in [-0.4, -0.2) is 32.1 Å². The predicted molar refractivity (Wildman–Crippen MR) is 159 cm³/mol. The lowest BCUT2D eigenvalue weighted by Crippen LogP contribution is -2.15. The summed E-state index contributed by atoms with van der Waals surface area (Å²) < 4.78 is 143. The molecule has 4 nitrogen and oxygen atoms in total. The van der Waals surface area contributed by atoms with E-state index in [9.17, 15) is 5.11 Å². The second-order valence-electron chi connectivity index (χ2n) is 5.88. The summed E-state index contributed by atoms with van der Waals surface area (Å²) in [6.07, 6.45) is -10.9. The van der Waals surface area contributed by atoms with E-state index in [2.05, 4.69) is 5.32 Å². The van der Waals surface area contributed by atoms with Crippen molar-refractivity contribution in [3.63, 3.8) is 0 Å². The van der Waals surface area contributed by atoms with Crippen LogP contribution < -0.4 is 15.4 Å². The normalized spacial score (nSPS) is 23.1. The van der Waals surface area contributed by atoms with E-state index in [0.29, 0.717) is 28.1 Å². The maximum absolute atomic E-state index is 10.0. The lowest BCUT2D eigenvalue weighted by atomic mass is 10.1. The highest BCUT2D eigenvalue weighted by molar-refractivity contribution is 7.59. The third-order valence-corrected chi connectivity index (χ3v) is 5.22. The summed E-state index contributed by atoms with van der Waals surface area (Å²) in [5, 5.41) is 14.7. The highest BCUT2D eigenvalue weighted by Crippen LogP contribution is 2.32. The fourth-order valence-electron chi connectivity index (χ4n) is 2.47. The first-order chi connectivity index (χ1) is 22.7. The van der Waals surface area contributed by atoms with E-state index in [-0.39, 0.29) is 48.3 Å². The van der Waals surface area contributed by atoms with Gasteiger partial charge in [0.15, 0.2) is 0 Å². The van der Waals surface area contributed by atoms with E-state index in [1.165, 1.54) is 0 Å². The molecule has 0 spiro atoms. The third-order valence-electron chi connectivity index (χ3n) is 3.82. The Morgan fingerprint density at radius 2 is 1.62 bits per heavy atom. The van der Waals surface area contributed by atoms with Gasteiger partial charge in [-0.2, -0.15) is 27.0 Å². The summed E-state index contributed by atoms with van der Waals surface area (Å²) in [7, 11) is 0. The summed E-state index contributed by atoms with van der Waals surface area (Å²) in [6.45, 7) is -6.89. The topological polar surface area (TPSA) is 53.5 Å². The highest BCUT2D eigenvalue weighted by atomic mass is 32.1. The van der Waals surface area contributed by atoms with E-state index >= 15 is 0 Å². The fourth-order valence-corrected chi connectivity index (χ4v) is 3.46. The maximum Gasteiger partial charge on any atom is 0.134 e. The minimum absolute atomic E-state index is 0. The van der Waals surface area contributed by atoms with Crippen molar-refractivity contribution in [1.82, 2.24) is 10.6 Å². The van der Waals surface area contributed by atoms with Crippen LogP contribution in [0.3, 0.4) is 0 Å². The van der Waals surface area contributed by atoms with Crippen molar-refractivity contribution in [2.24, 2.45) is 0 Å². The fraction of sp³-hybridized carbons (Fsp3) is 0.308. The maximum atomic E-state index is 10.0. The van der Waals surface area contributed by atoms with Crippen LogP contribution in [0.2, 0.25) is 0 Å². The molecule has 34 heavy (non-hydrogen) atoms. The summed E-state index contributed by atoms with van der Waals surface area (Å²) in [5.74, 6) is 0.173. The number of aliphatic hydroxyl groups is 1. The van der Waals surface area contributed by atoms with Gasteiger partial charge in [0.1, 0.15) is 11.8 Å². The molecule has 0 saturated carbocycles. The molecule has 0 bridgehead atoms. The molecule has 0 saturated heterocycles. The number of nitrogens with one attached hydrogen (secondary N) is 2. The molecule has 2 atom stereocenters. The molecule has 0 aliphatic rings. The van der Waals surface area contributed by atoms with E-state index in [4.69, 9.17) is 29.4 Å². The van der Waals surface area contributed by atoms with Gasteiger partial charge in [-0.3, -0.25) is 0 Å². The zero-order chi connectivity index (χ0) is 38.3. The summed E-state index contributed by atoms with van der Waals surface area (Å²) in [4.78, 5) is -0.771. The number of thiophene rings is 2. The summed E-state index contributed by atoms with van der Waals surface area (Å²) in [6, 6.07) is 10.2. The molecule has 0 fully saturated rings. The van der Waals surface area contributed by atoms with Crippen LogP contribution in [0.5, 0.6) is 5.75 Å². The molecule has 0 unspecified atom stereocenters. The van der Waals surface area contributed by atoms with Crippen LogP contribution in [0.1, 0.15) is 59.3 Å². The largest absolute Gasteiger partial charge is 0.484 e. The second-order valence-corrected chi connectivity index (χ2v) is 7.52. The Morgan fingerprint density at radius 3 is 2.29 bits per heavy atom. The van der Waals surface area contributed by atoms with Crippen molar-refractivity contribution >= 4 is 60.4 Å². The van der Waals surface area contributed by atoms with Crippen LogP contribution in [0.4, 0.5) is 0 Å². The van der Waals surface area contributed by atoms with E-state index in [1.807, 2.05) is 23.5 Å². The molecule has 0 amide bonds. The monoisotopic (exact) mass is 554 g/mol. The molecular weight excluding hydrogens is 501 g/mol. The second kappa shape index (κ2) is 17.0. The van der Waals surface area contributed by atoms with Crippen LogP contribution in [0, 0.1) is 0 Å². The number of hydrogen-bond donors (Lipinski definition) is 3. The lowest BCUT2D eigenvalue weighted by molar-refractivity contribution is 0.171. The zero-order valence-corrected chi connectivity index (χ0v) is 21.3. The molecule has 2 heterocycles. The van der Waals surface area contributed by atoms with E-state index < -0.39 is 81.0 Å². The molecule has 0 aliphatic carbocycles. The molecule has 186 valence electrons. The Balaban J connectivity index is 0.000000541. The number of rotatable bonds is 10. The van der Waals surface area contributed by atoms with Gasteiger partial charge < -0.3 is 20.5 Å². The van der Waals surface area contributed by atoms with E-state index in [1.54, 1.807) is 24.3 Å². The predicted octanol–water partition coefficient (Wildman–Crippen LogP) is 6.25. The van der Waals surface area contributed by atoms with Gasteiger partial charge in [-0.25, -0.2) is 0 Å². The molecule has 0 radical (unpaired) electrons. The zero-order valence-electron chi connectivity index (χ0n) is 35.6. The molecule has 0 aliphatic heterocycles. The smallest absolute Gasteiger partial charge is 0.134 e. The van der Waals surface area contributed by atoms with Crippen molar-refractivity contribution in [3.8, 4) is 5.75 Å². The van der Waals surface area contributed by atoms with Gasteiger partial charge in [0.2, 0.25) is 0 Å². The minimum Gasteiger partial charge on any atom is -0.484 e. The van der Waals surface area contributed by atoms with Crippen molar-refractivity contribution in [2.75, 3.05) is 27.0 Å². The van der Waals surface area contributed by atoms with Crippen molar-refractivity contribution in [1.29, 1.82) is 0 Å². The van der Waals surface area contributed by atoms with Crippen LogP contribution >= 0.6 is 49.7 Å². The molecule has 4 rings (SSSR count). The molecular formula is C26H36N2O2S4. The number of fused-ring (bicyclic) bond motifs is 1. The first-order valence-corrected chi connectivity index (χ1v) is 10.8. The van der Waals surface area contributed by atoms with Gasteiger partial charge in [-0.1, -0.05) is 48.5 Å². The van der Waals surface area contributed by atoms with Gasteiger partial charge >= 0.3 is 0 Å². The molecule has 4 aromatic rings. The molecule has 3 N–H and O–H groups in total. The molecule has 2 aromatic heterocycles. The highest BCUT2D eigenvalue weighted by Gasteiger charge is 2.15. The third kappa shape index (κ3) is 9.26. The Labute approximate surface area is 250 Å². The first-order valence-electron chi connectivity index (χ1n) is 18.2. The minimum atomic E-state index is -2.93. The number of hydrogen-bond acceptors (Lipinski definition) is 6. The van der Waals surface area contributed by atoms with E-state index in [0.717, 1.165) is 5.39 Å². The Morgan fingerprint density at radius 1 is 0.971 bits per heavy atom. The first kappa shape index (κ1) is 12.6. The van der Waals surface area contributed by atoms with Crippen molar-refractivity contribution in [2.45, 2.75) is 24.9 Å². The van der Waals surface area contributed by atoms with Crippen molar-refractivity contribution < 1.29 is 34.5 Å². The quantitative estimate of drug-likeness (QED) is 0.217. The Bertz CT molecular complexity index is 1810. The van der Waals surface area contributed by atoms with Crippen LogP contribution in [-0.2, 0) is 0 Å². The number of ether oxygens (including phenoxy) is 1. The SMILES string of the molecule is S.S.[2H]c1sc([C@@]([2H])(O)C([2H])([2H])CNC([2H])([2H])[2H])c([2H])c1[2H].[2H]c1sc([C@@]([2H])(Oc2cccc3ccccc23)C([2H])([2H])CNC([2H])([2H])[2H])c([2H])c1[2H]. The lowest BCUT2D eigenvalue weighted by Gasteiger charge is -2.19. The Hall–Kier alpha value is -1.52. The van der Waals surface area contributed by atoms with Gasteiger partial charge in [0.05, 0.1) is 17.0 Å². The van der Waals surface area contributed by atoms with Crippen LogP contribution in [0.15, 0.2) is 77.3 Å². The average Bonchev–Trinajstić information content (AvgIpc) is 3.43.